The van der Waals surface area contributed by atoms with E-state index in [1.165, 1.54) is 43.1 Å². The number of benzene rings is 1. The van der Waals surface area contributed by atoms with Gasteiger partial charge in [0.15, 0.2) is 0 Å². The van der Waals surface area contributed by atoms with Gasteiger partial charge >= 0.3 is 0 Å². The topological polar surface area (TPSA) is 15.3 Å². The maximum Gasteiger partial charge on any atom is 0.0192 e. The molecule has 3 heteroatoms. The van der Waals surface area contributed by atoms with Gasteiger partial charge in [-0.15, -0.1) is 11.8 Å². The van der Waals surface area contributed by atoms with Crippen LogP contribution in [0.25, 0.3) is 0 Å². The molecule has 2 aliphatic rings. The van der Waals surface area contributed by atoms with Crippen molar-refractivity contribution in [3.63, 3.8) is 0 Å². The van der Waals surface area contributed by atoms with Crippen molar-refractivity contribution in [2.75, 3.05) is 32.4 Å². The smallest absolute Gasteiger partial charge is 0.0192 e. The van der Waals surface area contributed by atoms with E-state index >= 15 is 0 Å². The van der Waals surface area contributed by atoms with Crippen LogP contribution in [0, 0.1) is 0 Å². The largest absolute Gasteiger partial charge is 0.316 e. The second-order valence-corrected chi connectivity index (χ2v) is 6.49. The summed E-state index contributed by atoms with van der Waals surface area (Å²) in [6, 6.07) is 9.63. The van der Waals surface area contributed by atoms with Crippen LogP contribution in [0.1, 0.15) is 24.3 Å². The number of fused-ring (bicyclic) bond motifs is 1. The van der Waals surface area contributed by atoms with Gasteiger partial charge in [0.2, 0.25) is 0 Å². The molecular formula is C15H22N2S. The minimum absolute atomic E-state index is 0.697. The first kappa shape index (κ1) is 12.5. The molecular weight excluding hydrogens is 240 g/mol. The third-order valence-corrected chi connectivity index (χ3v) is 5.44. The Labute approximate surface area is 114 Å². The molecule has 1 N–H and O–H groups in total. The second-order valence-electron chi connectivity index (χ2n) is 5.43. The molecule has 2 atom stereocenters. The van der Waals surface area contributed by atoms with E-state index in [1.54, 1.807) is 5.56 Å². The summed E-state index contributed by atoms with van der Waals surface area (Å²) in [6.45, 7) is 3.74. The molecule has 1 aromatic carbocycles. The molecule has 1 saturated heterocycles. The van der Waals surface area contributed by atoms with E-state index < -0.39 is 0 Å². The molecule has 0 radical (unpaired) electrons. The number of nitrogens with one attached hydrogen (secondary N) is 1. The number of hydrogen-bond acceptors (Lipinski definition) is 3. The number of nitrogens with zero attached hydrogens (tertiary/aromatic N) is 1. The van der Waals surface area contributed by atoms with Crippen LogP contribution in [0.15, 0.2) is 29.2 Å². The molecule has 0 aromatic heterocycles. The third-order valence-electron chi connectivity index (χ3n) is 4.19. The van der Waals surface area contributed by atoms with Crippen LogP contribution in [0.3, 0.4) is 0 Å². The Hall–Kier alpha value is -0.510. The van der Waals surface area contributed by atoms with Crippen molar-refractivity contribution in [2.24, 2.45) is 0 Å². The number of likely N-dealkylation sites (tertiary alicyclic amines) is 1. The summed E-state index contributed by atoms with van der Waals surface area (Å²) in [4.78, 5) is 4.16. The van der Waals surface area contributed by atoms with Gasteiger partial charge in [0, 0.05) is 35.7 Å². The van der Waals surface area contributed by atoms with Crippen molar-refractivity contribution >= 4 is 11.8 Å². The molecule has 2 aliphatic heterocycles. The Kier molecular flexibility index (Phi) is 3.92. The van der Waals surface area contributed by atoms with Crippen molar-refractivity contribution in [2.45, 2.75) is 29.7 Å². The number of likely N-dealkylation sites (N-methyl/N-ethyl adjacent to an activating group) is 1. The maximum atomic E-state index is 3.43. The summed E-state index contributed by atoms with van der Waals surface area (Å²) in [5.41, 5.74) is 1.58. The van der Waals surface area contributed by atoms with Crippen LogP contribution < -0.4 is 5.32 Å². The highest BCUT2D eigenvalue weighted by Gasteiger charge is 2.27. The number of piperidine rings is 1. The summed E-state index contributed by atoms with van der Waals surface area (Å²) in [5.74, 6) is 2.00. The molecule has 0 spiro atoms. The Morgan fingerprint density at radius 3 is 3.17 bits per heavy atom. The second kappa shape index (κ2) is 5.64. The Morgan fingerprint density at radius 1 is 1.39 bits per heavy atom. The normalized spacial score (nSPS) is 28.3. The highest BCUT2D eigenvalue weighted by molar-refractivity contribution is 7.99. The highest BCUT2D eigenvalue weighted by Crippen LogP contribution is 2.39. The van der Waals surface area contributed by atoms with Crippen LogP contribution in [0.2, 0.25) is 0 Å². The average molecular weight is 262 g/mol. The van der Waals surface area contributed by atoms with Crippen molar-refractivity contribution in [1.29, 1.82) is 0 Å². The first-order valence-electron chi connectivity index (χ1n) is 6.98. The van der Waals surface area contributed by atoms with Crippen molar-refractivity contribution in [1.82, 2.24) is 10.2 Å². The zero-order valence-corrected chi connectivity index (χ0v) is 11.9. The van der Waals surface area contributed by atoms with Gasteiger partial charge < -0.3 is 10.2 Å². The fraction of sp³-hybridized carbons (Fsp3) is 0.600. The average Bonchev–Trinajstić information content (AvgIpc) is 2.83. The molecule has 18 heavy (non-hydrogen) atoms. The van der Waals surface area contributed by atoms with Gasteiger partial charge in [0.1, 0.15) is 0 Å². The quantitative estimate of drug-likeness (QED) is 0.901. The molecule has 1 fully saturated rings. The molecule has 2 heterocycles. The maximum absolute atomic E-state index is 3.43. The van der Waals surface area contributed by atoms with E-state index in [0.29, 0.717) is 6.04 Å². The summed E-state index contributed by atoms with van der Waals surface area (Å²) < 4.78 is 0. The molecule has 0 amide bonds. The lowest BCUT2D eigenvalue weighted by molar-refractivity contribution is 0.188. The standard InChI is InChI=1S/C15H22N2S/c1-16-13-5-4-8-17(10-13)9-12-11-18-15-7-3-2-6-14(12)15/h2-3,6-7,12-13,16H,4-5,8-11H2,1H3. The lowest BCUT2D eigenvalue weighted by atomic mass is 9.98. The SMILES string of the molecule is CNC1CCCN(CC2CSc3ccccc32)C1. The van der Waals surface area contributed by atoms with Gasteiger partial charge in [-0.3, -0.25) is 0 Å². The summed E-state index contributed by atoms with van der Waals surface area (Å²) in [5, 5.41) is 3.43. The fourth-order valence-electron chi connectivity index (χ4n) is 3.15. The minimum Gasteiger partial charge on any atom is -0.316 e. The van der Waals surface area contributed by atoms with Gasteiger partial charge in [-0.1, -0.05) is 18.2 Å². The van der Waals surface area contributed by atoms with Gasteiger partial charge in [0.25, 0.3) is 0 Å². The number of rotatable bonds is 3. The van der Waals surface area contributed by atoms with Gasteiger partial charge in [-0.05, 0) is 38.1 Å². The van der Waals surface area contributed by atoms with E-state index in [9.17, 15) is 0 Å². The number of hydrogen-bond donors (Lipinski definition) is 1. The first-order chi connectivity index (χ1) is 8.86. The van der Waals surface area contributed by atoms with Gasteiger partial charge in [-0.25, -0.2) is 0 Å². The van der Waals surface area contributed by atoms with E-state index in [4.69, 9.17) is 0 Å². The first-order valence-corrected chi connectivity index (χ1v) is 7.96. The molecule has 0 bridgehead atoms. The number of thioether (sulfide) groups is 1. The lowest BCUT2D eigenvalue weighted by Gasteiger charge is -2.34. The predicted molar refractivity (Wildman–Crippen MR) is 78.4 cm³/mol. The van der Waals surface area contributed by atoms with E-state index in [-0.39, 0.29) is 0 Å². The molecule has 3 rings (SSSR count). The molecule has 0 saturated carbocycles. The Balaban J connectivity index is 1.64. The monoisotopic (exact) mass is 262 g/mol. The zero-order valence-electron chi connectivity index (χ0n) is 11.1. The molecule has 2 nitrogen and oxygen atoms in total. The van der Waals surface area contributed by atoms with E-state index in [1.807, 2.05) is 11.8 Å². The van der Waals surface area contributed by atoms with Crippen LogP contribution in [-0.4, -0.2) is 43.4 Å². The summed E-state index contributed by atoms with van der Waals surface area (Å²) in [6.07, 6.45) is 2.68. The van der Waals surface area contributed by atoms with Crippen molar-refractivity contribution in [3.05, 3.63) is 29.8 Å². The third kappa shape index (κ3) is 2.58. The van der Waals surface area contributed by atoms with Crippen molar-refractivity contribution in [3.8, 4) is 0 Å². The van der Waals surface area contributed by atoms with Crippen molar-refractivity contribution < 1.29 is 0 Å². The summed E-state index contributed by atoms with van der Waals surface area (Å²) >= 11 is 2.03. The molecule has 0 aliphatic carbocycles. The van der Waals surface area contributed by atoms with Crippen LogP contribution >= 0.6 is 11.8 Å². The highest BCUT2D eigenvalue weighted by atomic mass is 32.2. The Morgan fingerprint density at radius 2 is 2.28 bits per heavy atom. The van der Waals surface area contributed by atoms with Gasteiger partial charge in [-0.2, -0.15) is 0 Å². The van der Waals surface area contributed by atoms with Crippen LogP contribution in [-0.2, 0) is 0 Å². The van der Waals surface area contributed by atoms with Crippen LogP contribution in [0.5, 0.6) is 0 Å². The molecule has 98 valence electrons. The van der Waals surface area contributed by atoms with Crippen LogP contribution in [0.4, 0.5) is 0 Å². The fourth-order valence-corrected chi connectivity index (χ4v) is 4.39. The van der Waals surface area contributed by atoms with Gasteiger partial charge in [0.05, 0.1) is 0 Å². The molecule has 1 aromatic rings. The summed E-state index contributed by atoms with van der Waals surface area (Å²) in [7, 11) is 2.09. The molecule has 2 unspecified atom stereocenters. The predicted octanol–water partition coefficient (Wildman–Crippen LogP) is 2.56. The zero-order chi connectivity index (χ0) is 12.4. The van der Waals surface area contributed by atoms with E-state index in [2.05, 4.69) is 41.5 Å². The van der Waals surface area contributed by atoms with E-state index in [0.717, 1.165) is 5.92 Å². The lowest BCUT2D eigenvalue weighted by Crippen LogP contribution is -2.45. The minimum atomic E-state index is 0.697. The Bertz CT molecular complexity index is 407.